The molecule has 0 heterocycles. The molecule has 0 atom stereocenters. The molecule has 2 N–H and O–H groups in total. The van der Waals surface area contributed by atoms with Crippen LogP contribution in [0.2, 0.25) is 0 Å². The first-order valence-electron chi connectivity index (χ1n) is 9.19. The maximum atomic E-state index is 13.8. The van der Waals surface area contributed by atoms with Crippen LogP contribution in [0.4, 0.5) is 10.1 Å². The summed E-state index contributed by atoms with van der Waals surface area (Å²) in [5.74, 6) is -0.406. The average molecular weight is 405 g/mol. The molecule has 0 saturated heterocycles. The second kappa shape index (κ2) is 9.97. The van der Waals surface area contributed by atoms with Crippen molar-refractivity contribution < 1.29 is 18.7 Å². The molecule has 3 aromatic rings. The molecule has 0 aliphatic heterocycles. The second-order valence-electron chi connectivity index (χ2n) is 6.38. The van der Waals surface area contributed by atoms with Crippen LogP contribution in [0.25, 0.3) is 0 Å². The van der Waals surface area contributed by atoms with Gasteiger partial charge < -0.3 is 10.1 Å². The highest BCUT2D eigenvalue weighted by atomic mass is 19.1. The van der Waals surface area contributed by atoms with Crippen LogP contribution in [0.1, 0.15) is 28.4 Å². The van der Waals surface area contributed by atoms with Crippen LogP contribution in [0, 0.1) is 5.82 Å². The Balaban J connectivity index is 1.61. The Labute approximate surface area is 173 Å². The summed E-state index contributed by atoms with van der Waals surface area (Å²) in [5.41, 5.74) is 4.52. The van der Waals surface area contributed by atoms with Gasteiger partial charge >= 0.3 is 0 Å². The molecule has 0 spiro atoms. The fraction of sp³-hybridized carbons (Fsp3) is 0.0870. The van der Waals surface area contributed by atoms with Gasteiger partial charge in [0, 0.05) is 29.3 Å². The number of benzene rings is 3. The fourth-order valence-electron chi connectivity index (χ4n) is 2.62. The molecule has 6 nitrogen and oxygen atoms in total. The number of rotatable bonds is 7. The van der Waals surface area contributed by atoms with E-state index in [9.17, 15) is 14.0 Å². The largest absolute Gasteiger partial charge is 0.488 e. The van der Waals surface area contributed by atoms with E-state index in [2.05, 4.69) is 15.8 Å². The monoisotopic (exact) mass is 405 g/mol. The van der Waals surface area contributed by atoms with E-state index in [1.165, 1.54) is 19.2 Å². The third kappa shape index (κ3) is 5.75. The van der Waals surface area contributed by atoms with Crippen molar-refractivity contribution in [2.45, 2.75) is 13.5 Å². The summed E-state index contributed by atoms with van der Waals surface area (Å²) < 4.78 is 19.5. The van der Waals surface area contributed by atoms with Crippen LogP contribution in [0.15, 0.2) is 77.9 Å². The van der Waals surface area contributed by atoms with Gasteiger partial charge in [0.05, 0.1) is 6.21 Å². The standard InChI is InChI=1S/C23H20FN3O3/c1-16(28)26-20-12-10-17(11-13-20)23(29)27-25-14-18-6-3-5-9-22(18)30-15-19-7-2-4-8-21(19)24/h2-14H,15H2,1H3,(H,26,28)(H,27,29). The number of hydrogen-bond donors (Lipinski definition) is 2. The Morgan fingerprint density at radius 2 is 1.70 bits per heavy atom. The van der Waals surface area contributed by atoms with Crippen LogP contribution >= 0.6 is 0 Å². The Morgan fingerprint density at radius 1 is 1.00 bits per heavy atom. The third-order valence-corrected chi connectivity index (χ3v) is 4.10. The van der Waals surface area contributed by atoms with Gasteiger partial charge in [-0.1, -0.05) is 30.3 Å². The van der Waals surface area contributed by atoms with Gasteiger partial charge in [0.2, 0.25) is 5.91 Å². The minimum atomic E-state index is -0.398. The van der Waals surface area contributed by atoms with Crippen LogP contribution in [0.3, 0.4) is 0 Å². The van der Waals surface area contributed by atoms with E-state index in [0.717, 1.165) is 0 Å². The highest BCUT2D eigenvalue weighted by Crippen LogP contribution is 2.18. The van der Waals surface area contributed by atoms with E-state index in [4.69, 9.17) is 4.74 Å². The Hall–Kier alpha value is -4.00. The summed E-state index contributed by atoms with van der Waals surface area (Å²) in [5, 5.41) is 6.60. The molecule has 3 aromatic carbocycles. The van der Waals surface area contributed by atoms with E-state index in [1.807, 2.05) is 0 Å². The first-order valence-corrected chi connectivity index (χ1v) is 9.19. The van der Waals surface area contributed by atoms with Gasteiger partial charge in [-0.2, -0.15) is 5.10 Å². The SMILES string of the molecule is CC(=O)Nc1ccc(C(=O)NN=Cc2ccccc2OCc2ccccc2F)cc1. The molecule has 0 bridgehead atoms. The molecule has 0 fully saturated rings. The minimum absolute atomic E-state index is 0.0739. The van der Waals surface area contributed by atoms with E-state index in [1.54, 1.807) is 66.7 Å². The van der Waals surface area contributed by atoms with E-state index >= 15 is 0 Å². The molecule has 0 aliphatic carbocycles. The maximum absolute atomic E-state index is 13.8. The highest BCUT2D eigenvalue weighted by molar-refractivity contribution is 5.96. The zero-order chi connectivity index (χ0) is 21.3. The second-order valence-corrected chi connectivity index (χ2v) is 6.38. The van der Waals surface area contributed by atoms with E-state index in [-0.39, 0.29) is 18.3 Å². The van der Waals surface area contributed by atoms with Gasteiger partial charge in [0.25, 0.3) is 5.91 Å². The summed E-state index contributed by atoms with van der Waals surface area (Å²) >= 11 is 0. The molecule has 0 saturated carbocycles. The molecule has 0 unspecified atom stereocenters. The fourth-order valence-corrected chi connectivity index (χ4v) is 2.62. The van der Waals surface area contributed by atoms with Crippen molar-refractivity contribution >= 4 is 23.7 Å². The predicted molar refractivity (Wildman–Crippen MR) is 113 cm³/mol. The number of nitrogens with one attached hydrogen (secondary N) is 2. The lowest BCUT2D eigenvalue weighted by Gasteiger charge is -2.09. The van der Waals surface area contributed by atoms with E-state index in [0.29, 0.717) is 28.1 Å². The summed E-state index contributed by atoms with van der Waals surface area (Å²) in [4.78, 5) is 23.3. The van der Waals surface area contributed by atoms with Crippen LogP contribution in [-0.2, 0) is 11.4 Å². The number of hydrogen-bond acceptors (Lipinski definition) is 4. The number of nitrogens with zero attached hydrogens (tertiary/aromatic N) is 1. The summed E-state index contributed by atoms with van der Waals surface area (Å²) in [6.07, 6.45) is 1.46. The number of halogens is 1. The Morgan fingerprint density at radius 3 is 2.43 bits per heavy atom. The van der Waals surface area contributed by atoms with Crippen molar-refractivity contribution in [3.63, 3.8) is 0 Å². The van der Waals surface area contributed by atoms with E-state index < -0.39 is 5.91 Å². The van der Waals surface area contributed by atoms with Crippen LogP contribution in [0.5, 0.6) is 5.75 Å². The van der Waals surface area contributed by atoms with Crippen LogP contribution < -0.4 is 15.5 Å². The number of amides is 2. The van der Waals surface area contributed by atoms with Crippen molar-refractivity contribution in [1.29, 1.82) is 0 Å². The molecular weight excluding hydrogens is 385 g/mol. The molecular formula is C23H20FN3O3. The molecule has 0 radical (unpaired) electrons. The summed E-state index contributed by atoms with van der Waals surface area (Å²) in [6.45, 7) is 1.48. The van der Waals surface area contributed by atoms with Gasteiger partial charge in [-0.05, 0) is 42.5 Å². The average Bonchev–Trinajstić information content (AvgIpc) is 2.74. The number of carbonyl (C=O) groups is 2. The number of para-hydroxylation sites is 1. The minimum Gasteiger partial charge on any atom is -0.488 e. The molecule has 0 aromatic heterocycles. The zero-order valence-corrected chi connectivity index (χ0v) is 16.3. The summed E-state index contributed by atoms with van der Waals surface area (Å²) in [7, 11) is 0. The Bertz CT molecular complexity index is 1070. The quantitative estimate of drug-likeness (QED) is 0.458. The normalized spacial score (nSPS) is 10.6. The highest BCUT2D eigenvalue weighted by Gasteiger charge is 2.06. The predicted octanol–water partition coefficient (Wildman–Crippen LogP) is 4.13. The maximum Gasteiger partial charge on any atom is 0.271 e. The topological polar surface area (TPSA) is 79.8 Å². The molecule has 3 rings (SSSR count). The molecule has 152 valence electrons. The lowest BCUT2D eigenvalue weighted by atomic mass is 10.2. The number of carbonyl (C=O) groups excluding carboxylic acids is 2. The first kappa shape index (κ1) is 20.7. The summed E-state index contributed by atoms with van der Waals surface area (Å²) in [6, 6.07) is 19.9. The Kier molecular flexibility index (Phi) is 6.89. The molecule has 0 aliphatic rings. The molecule has 30 heavy (non-hydrogen) atoms. The van der Waals surface area contributed by atoms with Crippen LogP contribution in [-0.4, -0.2) is 18.0 Å². The number of hydrazone groups is 1. The van der Waals surface area contributed by atoms with Gasteiger partial charge in [-0.25, -0.2) is 9.82 Å². The van der Waals surface area contributed by atoms with Gasteiger partial charge in [0.1, 0.15) is 18.2 Å². The number of ether oxygens (including phenoxy) is 1. The van der Waals surface area contributed by atoms with Crippen molar-refractivity contribution in [3.8, 4) is 5.75 Å². The molecule has 7 heteroatoms. The van der Waals surface area contributed by atoms with Crippen molar-refractivity contribution in [2.24, 2.45) is 5.10 Å². The lowest BCUT2D eigenvalue weighted by Crippen LogP contribution is -2.17. The first-order chi connectivity index (χ1) is 14.5. The van der Waals surface area contributed by atoms with Crippen molar-refractivity contribution in [2.75, 3.05) is 5.32 Å². The number of anilines is 1. The smallest absolute Gasteiger partial charge is 0.271 e. The lowest BCUT2D eigenvalue weighted by molar-refractivity contribution is -0.114. The van der Waals surface area contributed by atoms with Crippen molar-refractivity contribution in [1.82, 2.24) is 5.43 Å². The van der Waals surface area contributed by atoms with Gasteiger partial charge in [-0.3, -0.25) is 9.59 Å². The van der Waals surface area contributed by atoms with Gasteiger partial charge in [-0.15, -0.1) is 0 Å². The third-order valence-electron chi connectivity index (χ3n) is 4.10. The zero-order valence-electron chi connectivity index (χ0n) is 16.3. The van der Waals surface area contributed by atoms with Gasteiger partial charge in [0.15, 0.2) is 0 Å². The van der Waals surface area contributed by atoms with Crippen molar-refractivity contribution in [3.05, 3.63) is 95.3 Å². The molecule has 2 amide bonds.